The van der Waals surface area contributed by atoms with E-state index >= 15 is 0 Å². The van der Waals surface area contributed by atoms with Crippen molar-refractivity contribution in [2.24, 2.45) is 17.8 Å². The van der Waals surface area contributed by atoms with E-state index in [-0.39, 0.29) is 0 Å². The zero-order valence-corrected chi connectivity index (χ0v) is 8.24. The van der Waals surface area contributed by atoms with Gasteiger partial charge >= 0.3 is 0 Å². The highest BCUT2D eigenvalue weighted by Gasteiger charge is 2.34. The number of rotatable bonds is 2. The van der Waals surface area contributed by atoms with E-state index < -0.39 is 0 Å². The Labute approximate surface area is 80.2 Å². The van der Waals surface area contributed by atoms with E-state index in [0.29, 0.717) is 12.5 Å². The van der Waals surface area contributed by atoms with Crippen molar-refractivity contribution in [2.45, 2.75) is 44.9 Å². The Morgan fingerprint density at radius 1 is 1.00 bits per heavy atom. The first kappa shape index (κ1) is 9.47. The topological polar surface area (TPSA) is 29.5 Å². The van der Waals surface area contributed by atoms with Crippen LogP contribution in [0.3, 0.4) is 0 Å². The fraction of sp³-hybridized carbons (Fsp3) is 1.00. The number of fused-ring (bicyclic) bond motifs is 1. The first-order valence-corrected chi connectivity index (χ1v) is 5.68. The molecule has 76 valence electrons. The fourth-order valence-electron chi connectivity index (χ4n) is 3.37. The summed E-state index contributed by atoms with van der Waals surface area (Å²) in [6.07, 6.45) is 9.64. The molecule has 2 rings (SSSR count). The van der Waals surface area contributed by atoms with Crippen LogP contribution < -0.4 is 0 Å². The van der Waals surface area contributed by atoms with Crippen molar-refractivity contribution in [3.8, 4) is 0 Å². The summed E-state index contributed by atoms with van der Waals surface area (Å²) in [5.74, 6) is 2.45. The van der Waals surface area contributed by atoms with Gasteiger partial charge in [-0.15, -0.1) is 0 Å². The van der Waals surface area contributed by atoms with Crippen molar-refractivity contribution in [2.75, 3.05) is 6.61 Å². The van der Waals surface area contributed by atoms with E-state index in [9.17, 15) is 0 Å². The van der Waals surface area contributed by atoms with Gasteiger partial charge in [-0.3, -0.25) is 5.26 Å². The molecule has 2 saturated carbocycles. The van der Waals surface area contributed by atoms with Crippen molar-refractivity contribution in [3.63, 3.8) is 0 Å². The summed E-state index contributed by atoms with van der Waals surface area (Å²) in [6, 6.07) is 0. The summed E-state index contributed by atoms with van der Waals surface area (Å²) < 4.78 is 0. The van der Waals surface area contributed by atoms with Crippen molar-refractivity contribution >= 4 is 0 Å². The van der Waals surface area contributed by atoms with Gasteiger partial charge < -0.3 is 0 Å². The Morgan fingerprint density at radius 2 is 1.77 bits per heavy atom. The molecule has 0 saturated heterocycles. The van der Waals surface area contributed by atoms with Gasteiger partial charge in [0.25, 0.3) is 0 Å². The van der Waals surface area contributed by atoms with E-state index in [2.05, 4.69) is 4.89 Å². The average molecular weight is 184 g/mol. The quantitative estimate of drug-likeness (QED) is 0.528. The van der Waals surface area contributed by atoms with Crippen LogP contribution in [-0.4, -0.2) is 11.9 Å². The van der Waals surface area contributed by atoms with Gasteiger partial charge in [-0.1, -0.05) is 32.1 Å². The lowest BCUT2D eigenvalue weighted by atomic mass is 9.66. The second-order valence-electron chi connectivity index (χ2n) is 4.70. The molecule has 13 heavy (non-hydrogen) atoms. The third kappa shape index (κ3) is 2.05. The molecule has 2 fully saturated rings. The van der Waals surface area contributed by atoms with E-state index in [1.807, 2.05) is 0 Å². The largest absolute Gasteiger partial charge is 0.252 e. The van der Waals surface area contributed by atoms with Gasteiger partial charge in [0.05, 0.1) is 6.61 Å². The molecule has 0 aromatic carbocycles. The minimum atomic E-state index is 0.571. The van der Waals surface area contributed by atoms with Gasteiger partial charge in [-0.05, 0) is 30.6 Å². The van der Waals surface area contributed by atoms with E-state index in [4.69, 9.17) is 5.26 Å². The third-order valence-electron chi connectivity index (χ3n) is 4.01. The first-order valence-electron chi connectivity index (χ1n) is 5.68. The molecule has 1 N–H and O–H groups in total. The summed E-state index contributed by atoms with van der Waals surface area (Å²) in [6.45, 7) is 0.571. The van der Waals surface area contributed by atoms with E-state index in [0.717, 1.165) is 11.8 Å². The summed E-state index contributed by atoms with van der Waals surface area (Å²) in [5, 5.41) is 8.51. The summed E-state index contributed by atoms with van der Waals surface area (Å²) in [7, 11) is 0. The lowest BCUT2D eigenvalue weighted by Gasteiger charge is -2.40. The van der Waals surface area contributed by atoms with Crippen LogP contribution in [-0.2, 0) is 4.89 Å². The lowest BCUT2D eigenvalue weighted by Crippen LogP contribution is -2.33. The highest BCUT2D eigenvalue weighted by atomic mass is 17.1. The maximum absolute atomic E-state index is 8.51. The van der Waals surface area contributed by atoms with Gasteiger partial charge in [0.15, 0.2) is 0 Å². The van der Waals surface area contributed by atoms with Crippen LogP contribution in [0.15, 0.2) is 0 Å². The van der Waals surface area contributed by atoms with Gasteiger partial charge in [0, 0.05) is 0 Å². The standard InChI is InChI=1S/C11H20O2/c12-13-8-10-6-3-5-9-4-1-2-7-11(9)10/h9-12H,1-8H2. The van der Waals surface area contributed by atoms with Crippen LogP contribution in [0, 0.1) is 17.8 Å². The highest BCUT2D eigenvalue weighted by molar-refractivity contribution is 4.84. The third-order valence-corrected chi connectivity index (χ3v) is 4.01. The second kappa shape index (κ2) is 4.43. The Hall–Kier alpha value is -0.0800. The molecule has 3 atom stereocenters. The molecule has 2 nitrogen and oxygen atoms in total. The Kier molecular flexibility index (Phi) is 3.23. The predicted molar refractivity (Wildman–Crippen MR) is 51.4 cm³/mol. The van der Waals surface area contributed by atoms with E-state index in [1.165, 1.54) is 44.9 Å². The molecule has 0 radical (unpaired) electrons. The molecular formula is C11H20O2. The van der Waals surface area contributed by atoms with Crippen molar-refractivity contribution < 1.29 is 10.1 Å². The Bertz CT molecular complexity index is 154. The Morgan fingerprint density at radius 3 is 2.62 bits per heavy atom. The summed E-state index contributed by atoms with van der Waals surface area (Å²) in [5.41, 5.74) is 0. The van der Waals surface area contributed by atoms with Crippen LogP contribution in [0.5, 0.6) is 0 Å². The molecule has 2 aliphatic rings. The zero-order chi connectivity index (χ0) is 9.10. The highest BCUT2D eigenvalue weighted by Crippen LogP contribution is 2.43. The van der Waals surface area contributed by atoms with Crippen molar-refractivity contribution in [3.05, 3.63) is 0 Å². The van der Waals surface area contributed by atoms with E-state index in [1.54, 1.807) is 0 Å². The summed E-state index contributed by atoms with van der Waals surface area (Å²) >= 11 is 0. The minimum absolute atomic E-state index is 0.571. The molecule has 0 aromatic rings. The van der Waals surface area contributed by atoms with Crippen molar-refractivity contribution in [1.82, 2.24) is 0 Å². The monoisotopic (exact) mass is 184 g/mol. The molecule has 0 aliphatic heterocycles. The van der Waals surface area contributed by atoms with Gasteiger partial charge in [-0.25, -0.2) is 4.89 Å². The smallest absolute Gasteiger partial charge is 0.0850 e. The molecule has 0 spiro atoms. The molecule has 3 unspecified atom stereocenters. The van der Waals surface area contributed by atoms with Crippen molar-refractivity contribution in [1.29, 1.82) is 0 Å². The van der Waals surface area contributed by atoms with Crippen LogP contribution in [0.1, 0.15) is 44.9 Å². The zero-order valence-electron chi connectivity index (χ0n) is 8.24. The summed E-state index contributed by atoms with van der Waals surface area (Å²) in [4.78, 5) is 4.33. The molecule has 0 amide bonds. The molecule has 0 aromatic heterocycles. The molecular weight excluding hydrogens is 164 g/mol. The molecule has 0 heterocycles. The molecule has 2 heteroatoms. The SMILES string of the molecule is OOCC1CCCC2CCCCC21. The number of hydrogen-bond acceptors (Lipinski definition) is 2. The minimum Gasteiger partial charge on any atom is -0.252 e. The fourth-order valence-corrected chi connectivity index (χ4v) is 3.37. The van der Waals surface area contributed by atoms with Crippen LogP contribution in [0.25, 0.3) is 0 Å². The van der Waals surface area contributed by atoms with Gasteiger partial charge in [0.1, 0.15) is 0 Å². The molecule has 0 bridgehead atoms. The lowest BCUT2D eigenvalue weighted by molar-refractivity contribution is -0.257. The van der Waals surface area contributed by atoms with Crippen LogP contribution >= 0.6 is 0 Å². The predicted octanol–water partition coefficient (Wildman–Crippen LogP) is 3.08. The van der Waals surface area contributed by atoms with Gasteiger partial charge in [0.2, 0.25) is 0 Å². The Balaban J connectivity index is 1.94. The second-order valence-corrected chi connectivity index (χ2v) is 4.70. The van der Waals surface area contributed by atoms with Crippen LogP contribution in [0.2, 0.25) is 0 Å². The van der Waals surface area contributed by atoms with Crippen LogP contribution in [0.4, 0.5) is 0 Å². The maximum Gasteiger partial charge on any atom is 0.0850 e. The maximum atomic E-state index is 8.51. The normalized spacial score (nSPS) is 39.9. The number of hydrogen-bond donors (Lipinski definition) is 1. The first-order chi connectivity index (χ1) is 6.42. The molecule has 2 aliphatic carbocycles. The average Bonchev–Trinajstić information content (AvgIpc) is 2.19. The van der Waals surface area contributed by atoms with Gasteiger partial charge in [-0.2, -0.15) is 0 Å².